The minimum absolute atomic E-state index is 0.0920. The third-order valence-corrected chi connectivity index (χ3v) is 4.69. The Hall–Kier alpha value is -2.31. The van der Waals surface area contributed by atoms with E-state index < -0.39 is 5.25 Å². The number of rotatable bonds is 3. The van der Waals surface area contributed by atoms with Gasteiger partial charge in [-0.05, 0) is 24.3 Å². The van der Waals surface area contributed by atoms with Crippen LogP contribution < -0.4 is 10.6 Å². The van der Waals surface area contributed by atoms with Gasteiger partial charge in [-0.15, -0.1) is 0 Å². The van der Waals surface area contributed by atoms with Crippen LogP contribution in [0.25, 0.3) is 0 Å². The molecule has 1 aliphatic heterocycles. The molecule has 0 saturated carbocycles. The third-order valence-electron chi connectivity index (χ3n) is 3.28. The zero-order chi connectivity index (χ0) is 16.9. The molecule has 1 atom stereocenters. The van der Waals surface area contributed by atoms with Gasteiger partial charge in [0.25, 0.3) is 0 Å². The maximum atomic E-state index is 12.4. The molecule has 7 heteroatoms. The van der Waals surface area contributed by atoms with Crippen molar-refractivity contribution in [2.24, 2.45) is 4.99 Å². The molecule has 0 aromatic heterocycles. The molecular weight excluding hydrogens is 346 g/mol. The smallest absolute Gasteiger partial charge is 0.238 e. The molecule has 0 unspecified atom stereocenters. The molecule has 5 nitrogen and oxygen atoms in total. The molecule has 24 heavy (non-hydrogen) atoms. The first-order valence-corrected chi connectivity index (χ1v) is 8.53. The summed E-state index contributed by atoms with van der Waals surface area (Å²) in [6, 6.07) is 16.2. The molecule has 1 aliphatic rings. The average molecular weight is 360 g/mol. The first-order chi connectivity index (χ1) is 11.6. The Balaban J connectivity index is 1.74. The number of nitrogens with zero attached hydrogens (tertiary/aromatic N) is 1. The Morgan fingerprint density at radius 3 is 2.62 bits per heavy atom. The Bertz CT molecular complexity index is 795. The van der Waals surface area contributed by atoms with Gasteiger partial charge in [0.05, 0.1) is 16.4 Å². The fraction of sp³-hybridized carbons (Fsp3) is 0.118. The predicted octanol–water partition coefficient (Wildman–Crippen LogP) is 3.59. The summed E-state index contributed by atoms with van der Waals surface area (Å²) in [6.45, 7) is 0. The van der Waals surface area contributed by atoms with E-state index in [1.54, 1.807) is 24.3 Å². The number of para-hydroxylation sites is 2. The normalized spacial score (nSPS) is 19.0. The van der Waals surface area contributed by atoms with Gasteiger partial charge < -0.3 is 10.6 Å². The maximum Gasteiger partial charge on any atom is 0.238 e. The number of carbonyl (C=O) groups is 2. The van der Waals surface area contributed by atoms with Gasteiger partial charge in [0.1, 0.15) is 5.25 Å². The Labute approximate surface area is 148 Å². The molecule has 0 spiro atoms. The van der Waals surface area contributed by atoms with Crippen molar-refractivity contribution in [3.8, 4) is 0 Å². The van der Waals surface area contributed by atoms with Gasteiger partial charge in [0.2, 0.25) is 11.8 Å². The summed E-state index contributed by atoms with van der Waals surface area (Å²) in [4.78, 5) is 28.7. The highest BCUT2D eigenvalue weighted by Gasteiger charge is 2.30. The lowest BCUT2D eigenvalue weighted by atomic mass is 10.2. The predicted molar refractivity (Wildman–Crippen MR) is 97.8 cm³/mol. The maximum absolute atomic E-state index is 12.4. The Morgan fingerprint density at radius 2 is 1.88 bits per heavy atom. The number of hydrogen-bond acceptors (Lipinski definition) is 4. The molecule has 3 rings (SSSR count). The van der Waals surface area contributed by atoms with Crippen molar-refractivity contribution in [1.29, 1.82) is 0 Å². The van der Waals surface area contributed by atoms with Crippen molar-refractivity contribution in [2.45, 2.75) is 11.7 Å². The summed E-state index contributed by atoms with van der Waals surface area (Å²) >= 11 is 7.27. The van der Waals surface area contributed by atoms with Crippen molar-refractivity contribution >= 4 is 51.7 Å². The number of thioether (sulfide) groups is 1. The van der Waals surface area contributed by atoms with Crippen LogP contribution in [0.3, 0.4) is 0 Å². The highest BCUT2D eigenvalue weighted by atomic mass is 35.5. The van der Waals surface area contributed by atoms with E-state index in [4.69, 9.17) is 11.6 Å². The van der Waals surface area contributed by atoms with Crippen LogP contribution in [-0.2, 0) is 9.59 Å². The average Bonchev–Trinajstić information content (AvgIpc) is 2.57. The lowest BCUT2D eigenvalue weighted by molar-refractivity contribution is -0.123. The van der Waals surface area contributed by atoms with Crippen LogP contribution in [0.1, 0.15) is 6.42 Å². The van der Waals surface area contributed by atoms with Crippen molar-refractivity contribution < 1.29 is 9.59 Å². The number of amides is 2. The molecule has 1 fully saturated rings. The summed E-state index contributed by atoms with van der Waals surface area (Å²) in [6.07, 6.45) is 0.0920. The van der Waals surface area contributed by atoms with E-state index in [0.29, 0.717) is 21.6 Å². The quantitative estimate of drug-likeness (QED) is 0.879. The van der Waals surface area contributed by atoms with E-state index in [0.717, 1.165) is 0 Å². The number of hydrogen-bond donors (Lipinski definition) is 2. The zero-order valence-corrected chi connectivity index (χ0v) is 14.1. The zero-order valence-electron chi connectivity index (χ0n) is 12.5. The molecule has 1 saturated heterocycles. The summed E-state index contributed by atoms with van der Waals surface area (Å²) in [5.74, 6) is -0.508. The summed E-state index contributed by atoms with van der Waals surface area (Å²) < 4.78 is 0. The number of amidine groups is 1. The molecule has 122 valence electrons. The minimum Gasteiger partial charge on any atom is -0.324 e. The Morgan fingerprint density at radius 1 is 1.17 bits per heavy atom. The Kier molecular flexibility index (Phi) is 5.17. The van der Waals surface area contributed by atoms with E-state index in [1.165, 1.54) is 11.8 Å². The van der Waals surface area contributed by atoms with Gasteiger partial charge in [-0.2, -0.15) is 0 Å². The van der Waals surface area contributed by atoms with Crippen LogP contribution >= 0.6 is 23.4 Å². The number of aliphatic imine (C=N–C) groups is 1. The highest BCUT2D eigenvalue weighted by Crippen LogP contribution is 2.26. The molecule has 2 N–H and O–H groups in total. The molecule has 2 amide bonds. The van der Waals surface area contributed by atoms with Gasteiger partial charge >= 0.3 is 0 Å². The summed E-state index contributed by atoms with van der Waals surface area (Å²) in [7, 11) is 0. The lowest BCUT2D eigenvalue weighted by Crippen LogP contribution is -2.41. The third kappa shape index (κ3) is 4.15. The molecule has 0 aliphatic carbocycles. The van der Waals surface area contributed by atoms with Gasteiger partial charge in [0.15, 0.2) is 5.17 Å². The standard InChI is InChI=1S/C17H14ClN3O2S/c18-12-8-4-5-9-13(12)20-16(23)14-10-15(22)21-17(24-14)19-11-6-2-1-3-7-11/h1-9,14H,10H2,(H,20,23)(H,19,21,22)/t14-/m0/s1. The lowest BCUT2D eigenvalue weighted by Gasteiger charge is -2.22. The number of anilines is 1. The van der Waals surface area contributed by atoms with Crippen molar-refractivity contribution in [3.05, 3.63) is 59.6 Å². The van der Waals surface area contributed by atoms with Crippen LogP contribution in [0.2, 0.25) is 5.02 Å². The van der Waals surface area contributed by atoms with E-state index >= 15 is 0 Å². The molecule has 2 aromatic carbocycles. The van der Waals surface area contributed by atoms with Crippen LogP contribution in [-0.4, -0.2) is 22.2 Å². The second-order valence-electron chi connectivity index (χ2n) is 5.08. The van der Waals surface area contributed by atoms with Gasteiger partial charge in [-0.1, -0.05) is 53.7 Å². The van der Waals surface area contributed by atoms with Gasteiger partial charge in [-0.3, -0.25) is 9.59 Å². The van der Waals surface area contributed by atoms with E-state index in [9.17, 15) is 9.59 Å². The fourth-order valence-electron chi connectivity index (χ4n) is 2.14. The monoisotopic (exact) mass is 359 g/mol. The van der Waals surface area contributed by atoms with Crippen molar-refractivity contribution in [1.82, 2.24) is 5.32 Å². The SMILES string of the molecule is O=C1C[C@@H](C(=O)Nc2ccccc2Cl)SC(=Nc2ccccc2)N1. The molecular formula is C17H14ClN3O2S. The minimum atomic E-state index is -0.558. The number of halogens is 1. The van der Waals surface area contributed by atoms with Crippen LogP contribution in [0, 0.1) is 0 Å². The number of nitrogens with one attached hydrogen (secondary N) is 2. The van der Waals surface area contributed by atoms with Crippen LogP contribution in [0.5, 0.6) is 0 Å². The van der Waals surface area contributed by atoms with Crippen LogP contribution in [0.4, 0.5) is 11.4 Å². The largest absolute Gasteiger partial charge is 0.324 e. The summed E-state index contributed by atoms with van der Waals surface area (Å²) in [5, 5.41) is 5.76. The molecule has 0 bridgehead atoms. The number of benzene rings is 2. The highest BCUT2D eigenvalue weighted by molar-refractivity contribution is 8.15. The first kappa shape index (κ1) is 16.5. The van der Waals surface area contributed by atoms with E-state index in [-0.39, 0.29) is 18.2 Å². The molecule has 2 aromatic rings. The van der Waals surface area contributed by atoms with Crippen LogP contribution in [0.15, 0.2) is 59.6 Å². The molecule has 0 radical (unpaired) electrons. The second kappa shape index (κ2) is 7.51. The number of carbonyl (C=O) groups excluding carboxylic acids is 2. The van der Waals surface area contributed by atoms with Crippen molar-refractivity contribution in [3.63, 3.8) is 0 Å². The summed E-state index contributed by atoms with van der Waals surface area (Å²) in [5.41, 5.74) is 1.24. The van der Waals surface area contributed by atoms with Crippen molar-refractivity contribution in [2.75, 3.05) is 5.32 Å². The topological polar surface area (TPSA) is 70.6 Å². The second-order valence-corrected chi connectivity index (χ2v) is 6.68. The van der Waals surface area contributed by atoms with Gasteiger partial charge in [-0.25, -0.2) is 4.99 Å². The first-order valence-electron chi connectivity index (χ1n) is 7.27. The fourth-order valence-corrected chi connectivity index (χ4v) is 3.32. The van der Waals surface area contributed by atoms with E-state index in [1.807, 2.05) is 30.3 Å². The molecule has 1 heterocycles. The van der Waals surface area contributed by atoms with E-state index in [2.05, 4.69) is 15.6 Å². The van der Waals surface area contributed by atoms with Gasteiger partial charge in [0, 0.05) is 6.42 Å².